The van der Waals surface area contributed by atoms with Crippen LogP contribution in [0.5, 0.6) is 0 Å². The molecule has 0 saturated carbocycles. The van der Waals surface area contributed by atoms with E-state index < -0.39 is 46.8 Å². The molecule has 80 heavy (non-hydrogen) atoms. The molecule has 15 nitrogen and oxygen atoms in total. The number of amides is 1. The van der Waals surface area contributed by atoms with Crippen LogP contribution in [0.25, 0.3) is 22.4 Å². The number of alkyl halides is 3. The summed E-state index contributed by atoms with van der Waals surface area (Å²) < 4.78 is 116. The first-order valence-corrected chi connectivity index (χ1v) is 30.7. The van der Waals surface area contributed by atoms with Crippen molar-refractivity contribution in [2.45, 2.75) is 64.9 Å². The molecule has 1 atom stereocenters. The molecule has 4 N–H and O–H groups in total. The summed E-state index contributed by atoms with van der Waals surface area (Å²) in [7, 11) is -8.75. The number of carbonyl (C=O) groups excluding carboxylic acids is 1. The van der Waals surface area contributed by atoms with Crippen molar-refractivity contribution in [3.05, 3.63) is 138 Å². The number of hydrogen-bond acceptors (Lipinski definition) is 13. The highest BCUT2D eigenvalue weighted by Crippen LogP contribution is 2.42. The van der Waals surface area contributed by atoms with Crippen molar-refractivity contribution in [1.29, 1.82) is 0 Å². The Kier molecular flexibility index (Phi) is 17.9. The fraction of sp³-hybridized carbons (Fsp3) is 0.397. The Morgan fingerprint density at radius 3 is 2.01 bits per heavy atom. The van der Waals surface area contributed by atoms with Gasteiger partial charge in [-0.1, -0.05) is 30.3 Å². The van der Waals surface area contributed by atoms with E-state index in [2.05, 4.69) is 35.7 Å². The highest BCUT2D eigenvalue weighted by Gasteiger charge is 2.48. The molecule has 428 valence electrons. The van der Waals surface area contributed by atoms with Crippen LogP contribution in [0.15, 0.2) is 136 Å². The van der Waals surface area contributed by atoms with Crippen molar-refractivity contribution >= 4 is 60.3 Å². The van der Waals surface area contributed by atoms with Gasteiger partial charge in [0.1, 0.15) is 10.7 Å². The second-order valence-electron chi connectivity index (χ2n) is 21.0. The third-order valence-corrected chi connectivity index (χ3v) is 19.6. The maximum atomic E-state index is 14.5. The van der Waals surface area contributed by atoms with Crippen molar-refractivity contribution < 1.29 is 49.4 Å². The van der Waals surface area contributed by atoms with Crippen LogP contribution in [0.2, 0.25) is 0 Å². The molecular weight excluding hydrogens is 1090 g/mol. The van der Waals surface area contributed by atoms with E-state index in [1.807, 2.05) is 72.0 Å². The Morgan fingerprint density at radius 2 is 1.38 bits per heavy atom. The van der Waals surface area contributed by atoms with Crippen LogP contribution in [0.3, 0.4) is 0 Å². The maximum Gasteiger partial charge on any atom is 0.501 e. The van der Waals surface area contributed by atoms with Gasteiger partial charge in [0.15, 0.2) is 0 Å². The maximum absolute atomic E-state index is 14.5. The summed E-state index contributed by atoms with van der Waals surface area (Å²) in [5.74, 6) is -0.102. The molecule has 1 aromatic heterocycles. The first kappa shape index (κ1) is 58.5. The molecule has 0 unspecified atom stereocenters. The summed E-state index contributed by atoms with van der Waals surface area (Å²) in [5, 5.41) is 23.0. The van der Waals surface area contributed by atoms with Crippen molar-refractivity contribution in [3.8, 4) is 22.4 Å². The van der Waals surface area contributed by atoms with Gasteiger partial charge in [-0.05, 0) is 135 Å². The lowest BCUT2D eigenvalue weighted by atomic mass is 9.94. The fourth-order valence-electron chi connectivity index (χ4n) is 10.7. The van der Waals surface area contributed by atoms with Gasteiger partial charge in [-0.25, -0.2) is 21.2 Å². The number of nitrogens with one attached hydrogen (secondary N) is 2. The average Bonchev–Trinajstić information content (AvgIpc) is 3.88. The van der Waals surface area contributed by atoms with Crippen molar-refractivity contribution in [3.63, 3.8) is 0 Å². The van der Waals surface area contributed by atoms with Gasteiger partial charge in [-0.2, -0.15) is 13.2 Å². The average molecular weight is 1160 g/mol. The number of carbonyl (C=O) groups is 1. The van der Waals surface area contributed by atoms with Crippen molar-refractivity contribution in [1.82, 2.24) is 19.3 Å². The van der Waals surface area contributed by atoms with Crippen LogP contribution in [0, 0.1) is 12.7 Å². The molecule has 3 aliphatic heterocycles. The van der Waals surface area contributed by atoms with E-state index in [4.69, 9.17) is 0 Å². The minimum absolute atomic E-state index is 0.0480. The van der Waals surface area contributed by atoms with E-state index in [0.717, 1.165) is 56.5 Å². The summed E-state index contributed by atoms with van der Waals surface area (Å²) in [4.78, 5) is 24.1. The first-order valence-electron chi connectivity index (χ1n) is 26.8. The van der Waals surface area contributed by atoms with Crippen LogP contribution >= 0.6 is 11.8 Å². The van der Waals surface area contributed by atoms with Gasteiger partial charge >= 0.3 is 5.51 Å². The standard InChI is InChI=1S/C58H68F4N8O7S3/c1-41-53(56(72)70-30-28-67(29-31-70)36-37-71)54(55(65(41)3)42-12-14-44(59)15-13-42)43-8-7-9-48(38-43)69-34-32-68(33-35-69)47-18-16-45(17-19-47)64-80(76,77)50-20-21-51(52(39-50)79(74,75)58(60,61)62)63-46(40-78-49-10-5-4-6-11-49)22-25-66-26-23-57(2,73)24-27-66/h4-21,38-39,46,63-64,71,73H,22-37,40H2,1-3H3/t46-/m1/s1. The van der Waals surface area contributed by atoms with Gasteiger partial charge in [-0.15, -0.1) is 11.8 Å². The second kappa shape index (κ2) is 24.5. The quantitative estimate of drug-likeness (QED) is 0.0449. The molecule has 22 heteroatoms. The molecule has 3 saturated heterocycles. The zero-order valence-corrected chi connectivity index (χ0v) is 47.5. The number of piperidine rings is 1. The Hall–Kier alpha value is -6.14. The number of aliphatic hydroxyl groups is 2. The smallest absolute Gasteiger partial charge is 0.395 e. The molecule has 6 aromatic rings. The lowest BCUT2D eigenvalue weighted by Gasteiger charge is -2.37. The Morgan fingerprint density at radius 1 is 0.738 bits per heavy atom. The zero-order valence-electron chi connectivity index (χ0n) is 45.0. The molecule has 1 amide bonds. The molecule has 4 heterocycles. The van der Waals surface area contributed by atoms with Crippen LogP contribution in [0.1, 0.15) is 42.2 Å². The summed E-state index contributed by atoms with van der Waals surface area (Å²) in [6.07, 6.45) is 1.53. The fourth-order valence-corrected chi connectivity index (χ4v) is 13.8. The molecule has 0 radical (unpaired) electrons. The van der Waals surface area contributed by atoms with E-state index in [1.54, 1.807) is 43.3 Å². The summed E-state index contributed by atoms with van der Waals surface area (Å²) in [6, 6.07) is 32.4. The van der Waals surface area contributed by atoms with Crippen LogP contribution < -0.4 is 19.8 Å². The predicted octanol–water partition coefficient (Wildman–Crippen LogP) is 8.79. The molecule has 5 aromatic carbocycles. The number of benzene rings is 5. The number of thioether (sulfide) groups is 1. The van der Waals surface area contributed by atoms with E-state index >= 15 is 0 Å². The third-order valence-electron chi connectivity index (χ3n) is 15.5. The number of sulfone groups is 1. The molecule has 0 aliphatic carbocycles. The number of hydrogen-bond donors (Lipinski definition) is 4. The van der Waals surface area contributed by atoms with Gasteiger partial charge in [0, 0.05) is 131 Å². The minimum atomic E-state index is -6.05. The largest absolute Gasteiger partial charge is 0.501 e. The normalized spacial score (nSPS) is 17.1. The number of β-amino-alcohol motifs (C(OH)–C–C–N with tert-alkyl or cyclic N) is 1. The molecule has 0 spiro atoms. The van der Waals surface area contributed by atoms with Gasteiger partial charge in [-0.3, -0.25) is 14.4 Å². The monoisotopic (exact) mass is 1160 g/mol. The van der Waals surface area contributed by atoms with E-state index in [1.165, 1.54) is 23.9 Å². The minimum Gasteiger partial charge on any atom is -0.395 e. The summed E-state index contributed by atoms with van der Waals surface area (Å²) >= 11 is 1.45. The number of likely N-dealkylation sites (tertiary alicyclic amines) is 1. The van der Waals surface area contributed by atoms with Gasteiger partial charge < -0.3 is 39.7 Å². The van der Waals surface area contributed by atoms with E-state index in [9.17, 15) is 49.4 Å². The number of aromatic nitrogens is 1. The number of aliphatic hydroxyl groups excluding tert-OH is 1. The molecule has 3 fully saturated rings. The van der Waals surface area contributed by atoms with Crippen molar-refractivity contribution in [2.75, 3.05) is 111 Å². The Labute approximate surface area is 470 Å². The van der Waals surface area contributed by atoms with E-state index in [0.29, 0.717) is 115 Å². The van der Waals surface area contributed by atoms with E-state index in [-0.39, 0.29) is 29.7 Å². The highest BCUT2D eigenvalue weighted by atomic mass is 32.2. The highest BCUT2D eigenvalue weighted by molar-refractivity contribution is 7.99. The topological polar surface area (TPSA) is 171 Å². The molecule has 0 bridgehead atoms. The Bertz CT molecular complexity index is 3340. The number of nitrogens with zero attached hydrogens (tertiary/aromatic N) is 6. The number of anilines is 4. The summed E-state index contributed by atoms with van der Waals surface area (Å²) in [5.41, 5.74) is -0.533. The number of rotatable bonds is 19. The van der Waals surface area contributed by atoms with Gasteiger partial charge in [0.25, 0.3) is 25.8 Å². The second-order valence-corrected chi connectivity index (χ2v) is 25.7. The number of halogens is 4. The Balaban J connectivity index is 0.892. The lowest BCUT2D eigenvalue weighted by molar-refractivity contribution is -0.0436. The predicted molar refractivity (Wildman–Crippen MR) is 307 cm³/mol. The lowest BCUT2D eigenvalue weighted by Crippen LogP contribution is -2.49. The zero-order chi connectivity index (χ0) is 57.0. The van der Waals surface area contributed by atoms with Crippen LogP contribution in [0.4, 0.5) is 40.3 Å². The summed E-state index contributed by atoms with van der Waals surface area (Å²) in [6.45, 7) is 10.8. The first-order chi connectivity index (χ1) is 38.1. The molecule has 3 aliphatic rings. The third kappa shape index (κ3) is 13.4. The van der Waals surface area contributed by atoms with Crippen LogP contribution in [-0.2, 0) is 26.9 Å². The number of piperazine rings is 2. The van der Waals surface area contributed by atoms with Gasteiger partial charge in [0.05, 0.1) is 34.0 Å². The molecular formula is C58H68F4N8O7S3. The van der Waals surface area contributed by atoms with Gasteiger partial charge in [0.2, 0.25) is 0 Å². The SMILES string of the molecule is Cc1c(C(=O)N2CCN(CCO)CC2)c(-c2cccc(N3CCN(c4ccc(NS(=O)(=O)c5ccc(N[C@H](CCN6CCC(C)(O)CC6)CSc6ccccc6)c(S(=O)(=O)C(F)(F)F)c5)cc4)CC3)c2)c(-c2ccc(F)cc2)n1C. The number of sulfonamides is 1. The van der Waals surface area contributed by atoms with Crippen molar-refractivity contribution in [2.24, 2.45) is 7.05 Å². The van der Waals surface area contributed by atoms with Crippen LogP contribution in [-0.4, -0.2) is 160 Å². The molecule has 9 rings (SSSR count).